The van der Waals surface area contributed by atoms with Gasteiger partial charge in [0.1, 0.15) is 6.61 Å². The Labute approximate surface area is 59.9 Å². The van der Waals surface area contributed by atoms with Gasteiger partial charge in [0.25, 0.3) is 5.95 Å². The molecule has 0 unspecified atom stereocenters. The molecule has 1 aliphatic rings. The number of hydrogen-bond donors (Lipinski definition) is 0. The second kappa shape index (κ2) is 3.95. The van der Waals surface area contributed by atoms with E-state index in [1.807, 2.05) is 12.2 Å². The van der Waals surface area contributed by atoms with Crippen LogP contribution in [-0.4, -0.2) is 20.5 Å². The molecular formula is C7H10O3. The Balaban J connectivity index is 2.25. The van der Waals surface area contributed by atoms with E-state index in [4.69, 9.17) is 9.47 Å². The Morgan fingerprint density at radius 1 is 1.70 bits per heavy atom. The molecule has 56 valence electrons. The third-order valence-corrected chi connectivity index (χ3v) is 1.01. The molecule has 0 atom stereocenters. The lowest BCUT2D eigenvalue weighted by molar-refractivity contribution is -0.0538. The minimum atomic E-state index is 0.236. The summed E-state index contributed by atoms with van der Waals surface area (Å²) in [5.41, 5.74) is 0. The first-order chi connectivity index (χ1) is 4.93. The number of methoxy groups -OCH3 is 1. The van der Waals surface area contributed by atoms with Gasteiger partial charge in [0.05, 0.1) is 0 Å². The summed E-state index contributed by atoms with van der Waals surface area (Å²) in [5, 5.41) is 0. The number of allylic oxidation sites excluding steroid dienone is 2. The van der Waals surface area contributed by atoms with Crippen LogP contribution >= 0.6 is 0 Å². The van der Waals surface area contributed by atoms with E-state index in [1.165, 1.54) is 0 Å². The topological polar surface area (TPSA) is 27.7 Å². The van der Waals surface area contributed by atoms with Gasteiger partial charge in [-0.2, -0.15) is 0 Å². The lowest BCUT2D eigenvalue weighted by atomic mass is 10.4. The van der Waals surface area contributed by atoms with Gasteiger partial charge in [-0.05, 0) is 6.08 Å². The zero-order chi connectivity index (χ0) is 7.23. The van der Waals surface area contributed by atoms with E-state index >= 15 is 0 Å². The summed E-state index contributed by atoms with van der Waals surface area (Å²) in [6.07, 6.45) is 5.54. The van der Waals surface area contributed by atoms with Crippen molar-refractivity contribution in [3.8, 4) is 0 Å². The van der Waals surface area contributed by atoms with Crippen LogP contribution < -0.4 is 0 Å². The average Bonchev–Trinajstić information content (AvgIpc) is 2.03. The van der Waals surface area contributed by atoms with Gasteiger partial charge in [-0.1, -0.05) is 6.08 Å². The summed E-state index contributed by atoms with van der Waals surface area (Å²) in [7, 11) is 1.57. The van der Waals surface area contributed by atoms with Gasteiger partial charge in [-0.3, -0.25) is 0 Å². The van der Waals surface area contributed by atoms with E-state index < -0.39 is 0 Å². The Kier molecular flexibility index (Phi) is 2.83. The number of hydrogen-bond acceptors (Lipinski definition) is 3. The third-order valence-electron chi connectivity index (χ3n) is 1.01. The highest BCUT2D eigenvalue weighted by Crippen LogP contribution is 2.04. The predicted octanol–water partition coefficient (Wildman–Crippen LogP) is 1.03. The van der Waals surface area contributed by atoms with Crippen molar-refractivity contribution in [3.05, 3.63) is 24.2 Å². The first-order valence-corrected chi connectivity index (χ1v) is 3.05. The minimum absolute atomic E-state index is 0.236. The number of rotatable bonds is 3. The Hall–Kier alpha value is -0.960. The molecule has 0 bridgehead atoms. The van der Waals surface area contributed by atoms with Crippen LogP contribution in [0.5, 0.6) is 0 Å². The molecule has 0 N–H and O–H groups in total. The first kappa shape index (κ1) is 7.15. The monoisotopic (exact) mass is 142 g/mol. The Morgan fingerprint density at radius 3 is 3.20 bits per heavy atom. The average molecular weight is 142 g/mol. The predicted molar refractivity (Wildman–Crippen MR) is 36.1 cm³/mol. The molecule has 0 saturated carbocycles. The summed E-state index contributed by atoms with van der Waals surface area (Å²) in [4.78, 5) is 0. The molecule has 1 rings (SSSR count). The van der Waals surface area contributed by atoms with Crippen LogP contribution in [0.2, 0.25) is 0 Å². The summed E-state index contributed by atoms with van der Waals surface area (Å²) < 4.78 is 14.7. The van der Waals surface area contributed by atoms with E-state index in [0.29, 0.717) is 12.6 Å². The zero-order valence-electron chi connectivity index (χ0n) is 5.87. The van der Waals surface area contributed by atoms with Gasteiger partial charge in [0.15, 0.2) is 6.79 Å². The van der Waals surface area contributed by atoms with E-state index in [1.54, 1.807) is 13.2 Å². The molecule has 3 nitrogen and oxygen atoms in total. The van der Waals surface area contributed by atoms with Crippen molar-refractivity contribution in [2.45, 2.75) is 0 Å². The van der Waals surface area contributed by atoms with Gasteiger partial charge in [-0.15, -0.1) is 0 Å². The van der Waals surface area contributed by atoms with Crippen LogP contribution in [0, 0.1) is 0 Å². The lowest BCUT2D eigenvalue weighted by Crippen LogP contribution is -2.03. The minimum Gasteiger partial charge on any atom is -0.461 e. The standard InChI is InChI=1S/C7H10O3/c1-8-6-10-7-4-2-3-5-9-7/h2-4H,5-6H2,1H3. The van der Waals surface area contributed by atoms with Gasteiger partial charge >= 0.3 is 0 Å². The second-order valence-corrected chi connectivity index (χ2v) is 1.78. The summed E-state index contributed by atoms with van der Waals surface area (Å²) in [6.45, 7) is 0.815. The molecule has 0 saturated heterocycles. The molecule has 0 fully saturated rings. The van der Waals surface area contributed by atoms with Crippen molar-refractivity contribution in [3.63, 3.8) is 0 Å². The summed E-state index contributed by atoms with van der Waals surface area (Å²) in [5.74, 6) is 0.518. The Morgan fingerprint density at radius 2 is 2.60 bits per heavy atom. The molecule has 0 spiro atoms. The lowest BCUT2D eigenvalue weighted by Gasteiger charge is -2.10. The Bertz CT molecular complexity index is 149. The zero-order valence-corrected chi connectivity index (χ0v) is 5.87. The van der Waals surface area contributed by atoms with Gasteiger partial charge < -0.3 is 14.2 Å². The maximum absolute atomic E-state index is 5.05. The highest BCUT2D eigenvalue weighted by Gasteiger charge is 1.98. The second-order valence-electron chi connectivity index (χ2n) is 1.78. The van der Waals surface area contributed by atoms with Crippen LogP contribution in [0.1, 0.15) is 0 Å². The molecule has 1 aliphatic heterocycles. The van der Waals surface area contributed by atoms with Gasteiger partial charge in [0.2, 0.25) is 0 Å². The fourth-order valence-corrected chi connectivity index (χ4v) is 0.587. The molecule has 0 aromatic rings. The largest absolute Gasteiger partial charge is 0.461 e. The van der Waals surface area contributed by atoms with Gasteiger partial charge in [0, 0.05) is 13.2 Å². The van der Waals surface area contributed by atoms with Crippen molar-refractivity contribution in [2.24, 2.45) is 0 Å². The SMILES string of the molecule is COCOC1=CC=CCO1. The molecular weight excluding hydrogens is 132 g/mol. The fraction of sp³-hybridized carbons (Fsp3) is 0.429. The smallest absolute Gasteiger partial charge is 0.281 e. The van der Waals surface area contributed by atoms with Crippen molar-refractivity contribution in [1.82, 2.24) is 0 Å². The fourth-order valence-electron chi connectivity index (χ4n) is 0.587. The molecule has 1 heterocycles. The first-order valence-electron chi connectivity index (χ1n) is 3.05. The van der Waals surface area contributed by atoms with Crippen LogP contribution in [0.25, 0.3) is 0 Å². The molecule has 0 aromatic carbocycles. The van der Waals surface area contributed by atoms with Crippen LogP contribution in [0.4, 0.5) is 0 Å². The van der Waals surface area contributed by atoms with E-state index in [0.717, 1.165) is 0 Å². The number of ether oxygens (including phenoxy) is 3. The van der Waals surface area contributed by atoms with Crippen molar-refractivity contribution in [2.75, 3.05) is 20.5 Å². The quantitative estimate of drug-likeness (QED) is 0.551. The molecule has 0 radical (unpaired) electrons. The van der Waals surface area contributed by atoms with E-state index in [-0.39, 0.29) is 6.79 Å². The van der Waals surface area contributed by atoms with Crippen molar-refractivity contribution < 1.29 is 14.2 Å². The molecule has 0 amide bonds. The molecule has 0 aromatic heterocycles. The highest BCUT2D eigenvalue weighted by atomic mass is 16.7. The highest BCUT2D eigenvalue weighted by molar-refractivity contribution is 5.07. The third kappa shape index (κ3) is 2.11. The van der Waals surface area contributed by atoms with Crippen LogP contribution in [0.15, 0.2) is 24.2 Å². The van der Waals surface area contributed by atoms with Crippen molar-refractivity contribution >= 4 is 0 Å². The van der Waals surface area contributed by atoms with Crippen LogP contribution in [-0.2, 0) is 14.2 Å². The molecule has 3 heteroatoms. The summed E-state index contributed by atoms with van der Waals surface area (Å²) in [6, 6.07) is 0. The van der Waals surface area contributed by atoms with Crippen LogP contribution in [0.3, 0.4) is 0 Å². The van der Waals surface area contributed by atoms with E-state index in [2.05, 4.69) is 4.74 Å². The summed E-state index contributed by atoms with van der Waals surface area (Å²) >= 11 is 0. The maximum Gasteiger partial charge on any atom is 0.281 e. The van der Waals surface area contributed by atoms with Gasteiger partial charge in [-0.25, -0.2) is 0 Å². The molecule has 10 heavy (non-hydrogen) atoms. The normalized spacial score (nSPS) is 15.9. The maximum atomic E-state index is 5.05. The van der Waals surface area contributed by atoms with Crippen molar-refractivity contribution in [1.29, 1.82) is 0 Å². The van der Waals surface area contributed by atoms with E-state index in [9.17, 15) is 0 Å². The molecule has 0 aliphatic carbocycles.